The van der Waals surface area contributed by atoms with E-state index < -0.39 is 6.61 Å². The molecule has 1 aromatic rings. The van der Waals surface area contributed by atoms with Crippen molar-refractivity contribution >= 4 is 18.3 Å². The van der Waals surface area contributed by atoms with Crippen molar-refractivity contribution < 1.29 is 18.3 Å². The highest BCUT2D eigenvalue weighted by atomic mass is 35.5. The Bertz CT molecular complexity index is 468. The Labute approximate surface area is 128 Å². The van der Waals surface area contributed by atoms with Gasteiger partial charge in [-0.25, -0.2) is 0 Å². The second-order valence-electron chi connectivity index (χ2n) is 4.83. The van der Waals surface area contributed by atoms with Crippen molar-refractivity contribution in [3.05, 3.63) is 29.8 Å². The van der Waals surface area contributed by atoms with Crippen LogP contribution in [-0.4, -0.2) is 25.1 Å². The van der Waals surface area contributed by atoms with Crippen molar-refractivity contribution in [2.24, 2.45) is 0 Å². The molecule has 21 heavy (non-hydrogen) atoms. The smallest absolute Gasteiger partial charge is 0.387 e. The molecule has 118 valence electrons. The van der Waals surface area contributed by atoms with Gasteiger partial charge in [-0.3, -0.25) is 4.79 Å². The van der Waals surface area contributed by atoms with Crippen molar-refractivity contribution in [3.63, 3.8) is 0 Å². The monoisotopic (exact) mass is 320 g/mol. The zero-order valence-corrected chi connectivity index (χ0v) is 12.5. The van der Waals surface area contributed by atoms with Gasteiger partial charge in [-0.2, -0.15) is 8.78 Å². The van der Waals surface area contributed by atoms with Gasteiger partial charge in [0.25, 0.3) is 0 Å². The van der Waals surface area contributed by atoms with E-state index in [1.807, 2.05) is 6.92 Å². The molecule has 1 amide bonds. The van der Waals surface area contributed by atoms with Gasteiger partial charge in [-0.1, -0.05) is 12.1 Å². The molecule has 2 rings (SSSR count). The number of alkyl halides is 2. The molecule has 1 aliphatic heterocycles. The minimum Gasteiger partial charge on any atom is -0.435 e. The first-order chi connectivity index (χ1) is 9.56. The van der Waals surface area contributed by atoms with Gasteiger partial charge in [-0.05, 0) is 44.0 Å². The third kappa shape index (κ3) is 5.13. The van der Waals surface area contributed by atoms with Crippen molar-refractivity contribution in [2.45, 2.75) is 38.5 Å². The normalized spacial score (nSPS) is 19.0. The molecule has 2 atom stereocenters. The zero-order valence-electron chi connectivity index (χ0n) is 11.6. The number of rotatable bonds is 5. The van der Waals surface area contributed by atoms with Crippen LogP contribution in [0.1, 0.15) is 31.4 Å². The van der Waals surface area contributed by atoms with Crippen LogP contribution in [0.4, 0.5) is 8.78 Å². The van der Waals surface area contributed by atoms with Gasteiger partial charge in [0.2, 0.25) is 5.91 Å². The van der Waals surface area contributed by atoms with Gasteiger partial charge in [0.15, 0.2) is 0 Å². The molecule has 2 unspecified atom stereocenters. The van der Waals surface area contributed by atoms with Crippen LogP contribution < -0.4 is 15.4 Å². The summed E-state index contributed by atoms with van der Waals surface area (Å²) < 4.78 is 28.7. The molecule has 1 aromatic carbocycles. The third-order valence-corrected chi connectivity index (χ3v) is 3.32. The van der Waals surface area contributed by atoms with Gasteiger partial charge in [0.1, 0.15) is 5.75 Å². The molecule has 0 spiro atoms. The highest BCUT2D eigenvalue weighted by Crippen LogP contribution is 2.21. The Morgan fingerprint density at radius 1 is 1.48 bits per heavy atom. The molecule has 0 aliphatic carbocycles. The lowest BCUT2D eigenvalue weighted by atomic mass is 10.1. The van der Waals surface area contributed by atoms with Gasteiger partial charge in [-0.15, -0.1) is 12.4 Å². The van der Waals surface area contributed by atoms with E-state index in [1.165, 1.54) is 12.1 Å². The zero-order chi connectivity index (χ0) is 14.5. The van der Waals surface area contributed by atoms with Crippen LogP contribution >= 0.6 is 12.4 Å². The van der Waals surface area contributed by atoms with E-state index in [0.29, 0.717) is 0 Å². The maximum absolute atomic E-state index is 12.2. The number of carbonyl (C=O) groups is 1. The van der Waals surface area contributed by atoms with Crippen LogP contribution in [0.15, 0.2) is 24.3 Å². The molecule has 1 aliphatic rings. The minimum atomic E-state index is -2.85. The Hall–Kier alpha value is -1.40. The van der Waals surface area contributed by atoms with E-state index in [4.69, 9.17) is 0 Å². The summed E-state index contributed by atoms with van der Waals surface area (Å²) in [7, 11) is 0. The molecule has 1 heterocycles. The largest absolute Gasteiger partial charge is 0.435 e. The average Bonchev–Trinajstić information content (AvgIpc) is 2.92. The fourth-order valence-corrected chi connectivity index (χ4v) is 2.27. The van der Waals surface area contributed by atoms with Gasteiger partial charge in [0, 0.05) is 0 Å². The lowest BCUT2D eigenvalue weighted by Gasteiger charge is -2.18. The van der Waals surface area contributed by atoms with Crippen molar-refractivity contribution in [2.75, 3.05) is 6.54 Å². The first-order valence-electron chi connectivity index (χ1n) is 6.65. The summed E-state index contributed by atoms with van der Waals surface area (Å²) in [5.74, 6) is 0.0350. The molecule has 1 fully saturated rings. The summed E-state index contributed by atoms with van der Waals surface area (Å²) in [4.78, 5) is 12.0. The SMILES string of the molecule is CC(NC(=O)C1CCCN1)c1cccc(OC(F)F)c1.Cl. The second-order valence-corrected chi connectivity index (χ2v) is 4.83. The molecule has 0 radical (unpaired) electrons. The first-order valence-corrected chi connectivity index (χ1v) is 6.65. The number of benzene rings is 1. The molecule has 0 aromatic heterocycles. The average molecular weight is 321 g/mol. The minimum absolute atomic E-state index is 0. The summed E-state index contributed by atoms with van der Waals surface area (Å²) in [6.45, 7) is -0.184. The number of amides is 1. The Balaban J connectivity index is 0.00000220. The number of carbonyl (C=O) groups excluding carboxylic acids is 1. The fourth-order valence-electron chi connectivity index (χ4n) is 2.27. The van der Waals surface area contributed by atoms with Crippen molar-refractivity contribution in [3.8, 4) is 5.75 Å². The number of hydrogen-bond acceptors (Lipinski definition) is 3. The van der Waals surface area contributed by atoms with Crippen LogP contribution in [0.5, 0.6) is 5.75 Å². The number of nitrogens with one attached hydrogen (secondary N) is 2. The van der Waals surface area contributed by atoms with Gasteiger partial charge < -0.3 is 15.4 Å². The summed E-state index contributed by atoms with van der Waals surface area (Å²) >= 11 is 0. The van der Waals surface area contributed by atoms with E-state index >= 15 is 0 Å². The molecule has 1 saturated heterocycles. The van der Waals surface area contributed by atoms with Gasteiger partial charge in [0.05, 0.1) is 12.1 Å². The van der Waals surface area contributed by atoms with Crippen molar-refractivity contribution in [1.29, 1.82) is 0 Å². The molecular formula is C14H19ClF2N2O2. The van der Waals surface area contributed by atoms with Crippen molar-refractivity contribution in [1.82, 2.24) is 10.6 Å². The standard InChI is InChI=1S/C14H18F2N2O2.ClH/c1-9(18-13(19)12-6-3-7-17-12)10-4-2-5-11(8-10)20-14(15)16;/h2,4-5,8-9,12,14,17H,3,6-7H2,1H3,(H,18,19);1H. The molecule has 0 saturated carbocycles. The molecule has 0 bridgehead atoms. The fraction of sp³-hybridized carbons (Fsp3) is 0.500. The van der Waals surface area contributed by atoms with E-state index in [0.717, 1.165) is 24.9 Å². The quantitative estimate of drug-likeness (QED) is 0.877. The second kappa shape index (κ2) is 8.14. The van der Waals surface area contributed by atoms with Crippen LogP contribution in [0.25, 0.3) is 0 Å². The van der Waals surface area contributed by atoms with Crippen LogP contribution in [0.3, 0.4) is 0 Å². The molecular weight excluding hydrogens is 302 g/mol. The first kappa shape index (κ1) is 17.7. The predicted molar refractivity (Wildman–Crippen MR) is 77.9 cm³/mol. The van der Waals surface area contributed by atoms with E-state index in [1.54, 1.807) is 12.1 Å². The Morgan fingerprint density at radius 2 is 2.24 bits per heavy atom. The molecule has 7 heteroatoms. The summed E-state index contributed by atoms with van der Waals surface area (Å²) in [5.41, 5.74) is 0.731. The van der Waals surface area contributed by atoms with Crippen LogP contribution in [0.2, 0.25) is 0 Å². The summed E-state index contributed by atoms with van der Waals surface area (Å²) in [6, 6.07) is 5.96. The third-order valence-electron chi connectivity index (χ3n) is 3.32. The van der Waals surface area contributed by atoms with Crippen LogP contribution in [0, 0.1) is 0 Å². The van der Waals surface area contributed by atoms with E-state index in [-0.39, 0.29) is 36.1 Å². The highest BCUT2D eigenvalue weighted by Gasteiger charge is 2.23. The van der Waals surface area contributed by atoms with Crippen LogP contribution in [-0.2, 0) is 4.79 Å². The number of ether oxygens (including phenoxy) is 1. The molecule has 4 nitrogen and oxygen atoms in total. The number of halogens is 3. The lowest BCUT2D eigenvalue weighted by Crippen LogP contribution is -2.41. The Morgan fingerprint density at radius 3 is 2.86 bits per heavy atom. The predicted octanol–water partition coefficient (Wildman–Crippen LogP) is 2.64. The maximum Gasteiger partial charge on any atom is 0.387 e. The Kier molecular flexibility index (Phi) is 6.84. The maximum atomic E-state index is 12.2. The summed E-state index contributed by atoms with van der Waals surface area (Å²) in [6.07, 6.45) is 1.82. The van der Waals surface area contributed by atoms with E-state index in [2.05, 4.69) is 15.4 Å². The van der Waals surface area contributed by atoms with E-state index in [9.17, 15) is 13.6 Å². The topological polar surface area (TPSA) is 50.4 Å². The highest BCUT2D eigenvalue weighted by molar-refractivity contribution is 5.85. The number of hydrogen-bond donors (Lipinski definition) is 2. The van der Waals surface area contributed by atoms with Gasteiger partial charge >= 0.3 is 6.61 Å². The lowest BCUT2D eigenvalue weighted by molar-refractivity contribution is -0.123. The summed E-state index contributed by atoms with van der Waals surface area (Å²) in [5, 5.41) is 5.99. The molecule has 2 N–H and O–H groups in total.